The summed E-state index contributed by atoms with van der Waals surface area (Å²) in [4.78, 5) is 15.2. The van der Waals surface area contributed by atoms with Crippen LogP contribution in [0.25, 0.3) is 11.0 Å². The van der Waals surface area contributed by atoms with Crippen molar-refractivity contribution in [3.63, 3.8) is 0 Å². The first-order chi connectivity index (χ1) is 13.2. The van der Waals surface area contributed by atoms with Crippen molar-refractivity contribution in [2.45, 2.75) is 39.7 Å². The van der Waals surface area contributed by atoms with Crippen molar-refractivity contribution in [3.05, 3.63) is 59.4 Å². The number of fused-ring (bicyclic) bond motifs is 1. The van der Waals surface area contributed by atoms with Gasteiger partial charge in [-0.1, -0.05) is 30.3 Å². The summed E-state index contributed by atoms with van der Waals surface area (Å²) in [6, 6.07) is 14.4. The largest absolute Gasteiger partial charge is 0.493 e. The zero-order valence-corrected chi connectivity index (χ0v) is 16.1. The van der Waals surface area contributed by atoms with E-state index in [0.717, 1.165) is 54.8 Å². The zero-order chi connectivity index (χ0) is 19.1. The third kappa shape index (κ3) is 4.67. The first-order valence-corrected chi connectivity index (χ1v) is 9.51. The molecule has 0 bridgehead atoms. The lowest BCUT2D eigenvalue weighted by atomic mass is 10.1. The van der Waals surface area contributed by atoms with Crippen LogP contribution in [0.3, 0.4) is 0 Å². The Morgan fingerprint density at radius 1 is 1.07 bits per heavy atom. The van der Waals surface area contributed by atoms with Gasteiger partial charge in [-0.05, 0) is 49.9 Å². The summed E-state index contributed by atoms with van der Waals surface area (Å²) in [6.07, 6.45) is 3.37. The number of para-hydroxylation sites is 3. The van der Waals surface area contributed by atoms with Gasteiger partial charge >= 0.3 is 0 Å². The molecule has 1 aromatic heterocycles. The minimum Gasteiger partial charge on any atom is -0.493 e. The van der Waals surface area contributed by atoms with Gasteiger partial charge < -0.3 is 14.6 Å². The quantitative estimate of drug-likeness (QED) is 0.439. The van der Waals surface area contributed by atoms with Gasteiger partial charge in [-0.25, -0.2) is 4.98 Å². The molecule has 0 aliphatic rings. The van der Waals surface area contributed by atoms with Gasteiger partial charge in [-0.3, -0.25) is 4.79 Å². The monoisotopic (exact) mass is 365 g/mol. The molecule has 27 heavy (non-hydrogen) atoms. The number of amides is 1. The van der Waals surface area contributed by atoms with Gasteiger partial charge in [0.2, 0.25) is 6.41 Å². The van der Waals surface area contributed by atoms with E-state index in [0.29, 0.717) is 13.2 Å². The van der Waals surface area contributed by atoms with Gasteiger partial charge in [0.15, 0.2) is 0 Å². The molecule has 0 radical (unpaired) electrons. The molecule has 5 nitrogen and oxygen atoms in total. The SMILES string of the molecule is Cc1cccc(C)c1OCCCn1c(CCCNC=O)nc2ccccc21. The van der Waals surface area contributed by atoms with Gasteiger partial charge in [-0.15, -0.1) is 0 Å². The van der Waals surface area contributed by atoms with E-state index in [1.54, 1.807) is 0 Å². The normalized spacial score (nSPS) is 10.9. The number of hydrogen-bond acceptors (Lipinski definition) is 3. The average Bonchev–Trinajstić information content (AvgIpc) is 3.02. The zero-order valence-electron chi connectivity index (χ0n) is 16.1. The van der Waals surface area contributed by atoms with E-state index < -0.39 is 0 Å². The molecule has 0 aliphatic heterocycles. The van der Waals surface area contributed by atoms with Gasteiger partial charge in [-0.2, -0.15) is 0 Å². The highest BCUT2D eigenvalue weighted by atomic mass is 16.5. The van der Waals surface area contributed by atoms with Gasteiger partial charge in [0.25, 0.3) is 0 Å². The Balaban J connectivity index is 1.65. The van der Waals surface area contributed by atoms with Crippen LogP contribution in [0.4, 0.5) is 0 Å². The molecule has 0 spiro atoms. The highest BCUT2D eigenvalue weighted by Gasteiger charge is 2.10. The van der Waals surface area contributed by atoms with E-state index in [2.05, 4.69) is 48.0 Å². The Bertz CT molecular complexity index is 881. The maximum absolute atomic E-state index is 10.4. The van der Waals surface area contributed by atoms with Crippen molar-refractivity contribution in [3.8, 4) is 5.75 Å². The van der Waals surface area contributed by atoms with Crippen molar-refractivity contribution in [2.75, 3.05) is 13.2 Å². The van der Waals surface area contributed by atoms with Crippen LogP contribution in [0.2, 0.25) is 0 Å². The highest BCUT2D eigenvalue weighted by Crippen LogP contribution is 2.23. The van der Waals surface area contributed by atoms with E-state index in [1.165, 1.54) is 11.1 Å². The Morgan fingerprint density at radius 2 is 1.85 bits per heavy atom. The number of benzene rings is 2. The molecule has 5 heteroatoms. The molecule has 2 aromatic carbocycles. The first-order valence-electron chi connectivity index (χ1n) is 9.51. The average molecular weight is 365 g/mol. The van der Waals surface area contributed by atoms with Gasteiger partial charge in [0, 0.05) is 19.5 Å². The number of nitrogens with one attached hydrogen (secondary N) is 1. The molecular formula is C22H27N3O2. The van der Waals surface area contributed by atoms with Crippen LogP contribution in [0.15, 0.2) is 42.5 Å². The summed E-state index contributed by atoms with van der Waals surface area (Å²) in [5, 5.41) is 2.72. The number of imidazole rings is 1. The molecule has 1 N–H and O–H groups in total. The molecule has 0 saturated carbocycles. The van der Waals surface area contributed by atoms with Crippen molar-refractivity contribution in [1.29, 1.82) is 0 Å². The predicted octanol–water partition coefficient (Wildman–Crippen LogP) is 3.80. The lowest BCUT2D eigenvalue weighted by Crippen LogP contribution is -2.14. The molecule has 3 aromatic rings. The Morgan fingerprint density at radius 3 is 2.63 bits per heavy atom. The summed E-state index contributed by atoms with van der Waals surface area (Å²) in [5.74, 6) is 2.06. The van der Waals surface area contributed by atoms with E-state index >= 15 is 0 Å². The standard InChI is InChI=1S/C22H27N3O2/c1-17-8-5-9-18(2)22(17)27-15-7-14-25-20-11-4-3-10-19(20)24-21(25)12-6-13-23-16-26/h3-5,8-11,16H,6-7,12-15H2,1-2H3,(H,23,26). The second-order valence-corrected chi connectivity index (χ2v) is 6.77. The third-order valence-electron chi connectivity index (χ3n) is 4.72. The fraction of sp³-hybridized carbons (Fsp3) is 0.364. The van der Waals surface area contributed by atoms with Crippen molar-refractivity contribution in [1.82, 2.24) is 14.9 Å². The van der Waals surface area contributed by atoms with Crippen LogP contribution in [-0.4, -0.2) is 29.1 Å². The van der Waals surface area contributed by atoms with Crippen LogP contribution in [-0.2, 0) is 17.8 Å². The predicted molar refractivity (Wildman–Crippen MR) is 108 cm³/mol. The molecule has 0 aliphatic carbocycles. The van der Waals surface area contributed by atoms with E-state index in [9.17, 15) is 4.79 Å². The molecule has 0 saturated heterocycles. The summed E-state index contributed by atoms with van der Waals surface area (Å²) in [6.45, 7) is 6.36. The Kier molecular flexibility index (Phi) is 6.47. The molecule has 0 fully saturated rings. The summed E-state index contributed by atoms with van der Waals surface area (Å²) >= 11 is 0. The first kappa shape index (κ1) is 19.0. The Labute approximate surface area is 160 Å². The Hall–Kier alpha value is -2.82. The number of carbonyl (C=O) groups is 1. The molecule has 0 atom stereocenters. The molecule has 142 valence electrons. The number of aryl methyl sites for hydroxylation is 4. The number of carbonyl (C=O) groups excluding carboxylic acids is 1. The van der Waals surface area contributed by atoms with Crippen LogP contribution in [0.5, 0.6) is 5.75 Å². The van der Waals surface area contributed by atoms with Crippen LogP contribution in [0, 0.1) is 13.8 Å². The smallest absolute Gasteiger partial charge is 0.207 e. The van der Waals surface area contributed by atoms with Crippen molar-refractivity contribution < 1.29 is 9.53 Å². The molecule has 0 unspecified atom stereocenters. The van der Waals surface area contributed by atoms with Gasteiger partial charge in [0.05, 0.1) is 17.6 Å². The van der Waals surface area contributed by atoms with E-state index in [1.807, 2.05) is 18.2 Å². The molecule has 1 heterocycles. The number of hydrogen-bond donors (Lipinski definition) is 1. The fourth-order valence-corrected chi connectivity index (χ4v) is 3.40. The third-order valence-corrected chi connectivity index (χ3v) is 4.72. The maximum Gasteiger partial charge on any atom is 0.207 e. The maximum atomic E-state index is 10.4. The molecule has 3 rings (SSSR count). The fourth-order valence-electron chi connectivity index (χ4n) is 3.40. The van der Waals surface area contributed by atoms with E-state index in [4.69, 9.17) is 9.72 Å². The summed E-state index contributed by atoms with van der Waals surface area (Å²) in [5.41, 5.74) is 4.52. The number of nitrogens with zero attached hydrogens (tertiary/aromatic N) is 2. The highest BCUT2D eigenvalue weighted by molar-refractivity contribution is 5.75. The minimum atomic E-state index is 0.669. The molecular weight excluding hydrogens is 338 g/mol. The summed E-state index contributed by atoms with van der Waals surface area (Å²) < 4.78 is 8.33. The second kappa shape index (κ2) is 9.21. The van der Waals surface area contributed by atoms with Crippen LogP contribution >= 0.6 is 0 Å². The minimum absolute atomic E-state index is 0.669. The summed E-state index contributed by atoms with van der Waals surface area (Å²) in [7, 11) is 0. The van der Waals surface area contributed by atoms with Crippen LogP contribution in [0.1, 0.15) is 29.8 Å². The lowest BCUT2D eigenvalue weighted by molar-refractivity contribution is -0.109. The number of aromatic nitrogens is 2. The second-order valence-electron chi connectivity index (χ2n) is 6.77. The van der Waals surface area contributed by atoms with Crippen molar-refractivity contribution >= 4 is 17.4 Å². The molecule has 1 amide bonds. The van der Waals surface area contributed by atoms with Crippen molar-refractivity contribution in [2.24, 2.45) is 0 Å². The topological polar surface area (TPSA) is 56.1 Å². The van der Waals surface area contributed by atoms with Crippen LogP contribution < -0.4 is 10.1 Å². The van der Waals surface area contributed by atoms with E-state index in [-0.39, 0.29) is 0 Å². The number of rotatable bonds is 10. The number of ether oxygens (including phenoxy) is 1. The van der Waals surface area contributed by atoms with Gasteiger partial charge in [0.1, 0.15) is 11.6 Å². The lowest BCUT2D eigenvalue weighted by Gasteiger charge is -2.13.